The van der Waals surface area contributed by atoms with Gasteiger partial charge in [0.05, 0.1) is 29.2 Å². The highest BCUT2D eigenvalue weighted by Gasteiger charge is 2.26. The molecule has 1 atom stereocenters. The minimum Gasteiger partial charge on any atom is -0.392 e. The number of morpholine rings is 1. The van der Waals surface area contributed by atoms with Crippen LogP contribution in [0.2, 0.25) is 0 Å². The number of hydrogen-bond acceptors (Lipinski definition) is 5. The Kier molecular flexibility index (Phi) is 4.41. The van der Waals surface area contributed by atoms with E-state index in [4.69, 9.17) is 22.7 Å². The van der Waals surface area contributed by atoms with Gasteiger partial charge in [-0.25, -0.2) is 0 Å². The number of nitro groups is 1. The number of nitro benzene ring substituents is 1. The van der Waals surface area contributed by atoms with Crippen LogP contribution in [0.25, 0.3) is 0 Å². The van der Waals surface area contributed by atoms with E-state index in [1.807, 2.05) is 6.07 Å². The molecule has 1 heterocycles. The fraction of sp³-hybridized carbons (Fsp3) is 0.417. The molecule has 1 saturated heterocycles. The van der Waals surface area contributed by atoms with Gasteiger partial charge in [0, 0.05) is 25.2 Å². The molecule has 7 heteroatoms. The van der Waals surface area contributed by atoms with Crippen LogP contribution in [-0.4, -0.2) is 41.1 Å². The molecule has 0 radical (unpaired) electrons. The third-order valence-corrected chi connectivity index (χ3v) is 3.30. The van der Waals surface area contributed by atoms with Gasteiger partial charge in [-0.15, -0.1) is 0 Å². The van der Waals surface area contributed by atoms with Gasteiger partial charge in [-0.05, 0) is 5.56 Å². The summed E-state index contributed by atoms with van der Waals surface area (Å²) in [5.41, 5.74) is 6.61. The van der Waals surface area contributed by atoms with Gasteiger partial charge in [0.2, 0.25) is 0 Å². The molecule has 1 aliphatic heterocycles. The number of non-ortho nitro benzene ring substituents is 1. The second-order valence-electron chi connectivity index (χ2n) is 4.31. The Hall–Kier alpha value is -1.57. The van der Waals surface area contributed by atoms with Crippen molar-refractivity contribution >= 4 is 22.9 Å². The smallest absolute Gasteiger partial charge is 0.269 e. The molecule has 0 amide bonds. The van der Waals surface area contributed by atoms with Crippen molar-refractivity contribution in [2.45, 2.75) is 6.04 Å². The van der Waals surface area contributed by atoms with Crippen LogP contribution in [0.4, 0.5) is 5.69 Å². The maximum Gasteiger partial charge on any atom is 0.269 e. The molecule has 0 aromatic heterocycles. The lowest BCUT2D eigenvalue weighted by Gasteiger charge is -2.33. The maximum atomic E-state index is 10.8. The van der Waals surface area contributed by atoms with Gasteiger partial charge in [-0.1, -0.05) is 24.4 Å². The summed E-state index contributed by atoms with van der Waals surface area (Å²) in [7, 11) is 0. The normalized spacial score (nSPS) is 17.9. The van der Waals surface area contributed by atoms with Gasteiger partial charge in [-0.3, -0.25) is 15.0 Å². The number of rotatable bonds is 4. The molecule has 1 aromatic rings. The molecular weight excluding hydrogens is 266 g/mol. The lowest BCUT2D eigenvalue weighted by molar-refractivity contribution is -0.384. The van der Waals surface area contributed by atoms with Gasteiger partial charge >= 0.3 is 0 Å². The van der Waals surface area contributed by atoms with Crippen molar-refractivity contribution in [3.05, 3.63) is 39.9 Å². The van der Waals surface area contributed by atoms with Crippen LogP contribution >= 0.6 is 12.2 Å². The molecule has 1 aromatic carbocycles. The first-order valence-electron chi connectivity index (χ1n) is 5.95. The SMILES string of the molecule is NC(=S)C(c1cccc([N+](=O)[O-])c1)N1CCOCC1. The molecule has 1 fully saturated rings. The van der Waals surface area contributed by atoms with Crippen molar-refractivity contribution in [3.8, 4) is 0 Å². The van der Waals surface area contributed by atoms with Crippen molar-refractivity contribution in [2.75, 3.05) is 26.3 Å². The van der Waals surface area contributed by atoms with E-state index >= 15 is 0 Å². The van der Waals surface area contributed by atoms with Crippen molar-refractivity contribution < 1.29 is 9.66 Å². The molecule has 0 aliphatic carbocycles. The van der Waals surface area contributed by atoms with E-state index in [1.54, 1.807) is 6.07 Å². The van der Waals surface area contributed by atoms with Crippen LogP contribution in [0.15, 0.2) is 24.3 Å². The Bertz CT molecular complexity index is 489. The van der Waals surface area contributed by atoms with E-state index in [2.05, 4.69) is 4.90 Å². The van der Waals surface area contributed by atoms with Gasteiger partial charge in [0.1, 0.15) is 0 Å². The van der Waals surface area contributed by atoms with Crippen LogP contribution in [-0.2, 0) is 4.74 Å². The summed E-state index contributed by atoms with van der Waals surface area (Å²) < 4.78 is 5.29. The second kappa shape index (κ2) is 6.05. The first-order valence-corrected chi connectivity index (χ1v) is 6.36. The zero-order chi connectivity index (χ0) is 13.8. The summed E-state index contributed by atoms with van der Waals surface area (Å²) in [4.78, 5) is 12.8. The van der Waals surface area contributed by atoms with Crippen LogP contribution in [0.1, 0.15) is 11.6 Å². The monoisotopic (exact) mass is 281 g/mol. The topological polar surface area (TPSA) is 81.6 Å². The Balaban J connectivity index is 2.30. The fourth-order valence-corrected chi connectivity index (χ4v) is 2.48. The molecule has 6 nitrogen and oxygen atoms in total. The molecule has 0 saturated carbocycles. The van der Waals surface area contributed by atoms with Crippen LogP contribution in [0.5, 0.6) is 0 Å². The molecule has 1 aliphatic rings. The number of nitrogens with zero attached hydrogens (tertiary/aromatic N) is 2. The van der Waals surface area contributed by atoms with Gasteiger partial charge in [-0.2, -0.15) is 0 Å². The number of nitrogens with two attached hydrogens (primary N) is 1. The third-order valence-electron chi connectivity index (χ3n) is 3.08. The first-order chi connectivity index (χ1) is 9.09. The molecule has 0 bridgehead atoms. The minimum atomic E-state index is -0.417. The lowest BCUT2D eigenvalue weighted by atomic mass is 10.0. The highest BCUT2D eigenvalue weighted by molar-refractivity contribution is 7.80. The highest BCUT2D eigenvalue weighted by atomic mass is 32.1. The van der Waals surface area contributed by atoms with Gasteiger partial charge < -0.3 is 10.5 Å². The Morgan fingerprint density at radius 3 is 2.74 bits per heavy atom. The molecular formula is C12H15N3O3S. The third kappa shape index (κ3) is 3.25. The molecule has 0 spiro atoms. The number of ether oxygens (including phenoxy) is 1. The molecule has 102 valence electrons. The standard InChI is InChI=1S/C12H15N3O3S/c13-12(19)11(14-4-6-18-7-5-14)9-2-1-3-10(8-9)15(16)17/h1-3,8,11H,4-7H2,(H2,13,19). The maximum absolute atomic E-state index is 10.8. The number of benzene rings is 1. The lowest BCUT2D eigenvalue weighted by Crippen LogP contribution is -2.43. The molecule has 2 N–H and O–H groups in total. The van der Waals surface area contributed by atoms with Crippen molar-refractivity contribution in [3.63, 3.8) is 0 Å². The predicted octanol–water partition coefficient (Wildman–Crippen LogP) is 1.25. The van der Waals surface area contributed by atoms with Gasteiger partial charge in [0.25, 0.3) is 5.69 Å². The quantitative estimate of drug-likeness (QED) is 0.508. The minimum absolute atomic E-state index is 0.0482. The molecule has 2 rings (SSSR count). The molecule has 19 heavy (non-hydrogen) atoms. The number of hydrogen-bond donors (Lipinski definition) is 1. The van der Waals surface area contributed by atoms with E-state index < -0.39 is 4.92 Å². The van der Waals surface area contributed by atoms with Crippen molar-refractivity contribution in [1.82, 2.24) is 4.90 Å². The summed E-state index contributed by atoms with van der Waals surface area (Å²) in [6, 6.07) is 6.17. The van der Waals surface area contributed by atoms with Crippen molar-refractivity contribution in [1.29, 1.82) is 0 Å². The first kappa shape index (κ1) is 13.9. The molecule has 1 unspecified atom stereocenters. The zero-order valence-corrected chi connectivity index (χ0v) is 11.1. The van der Waals surface area contributed by atoms with E-state index in [0.29, 0.717) is 31.3 Å². The van der Waals surface area contributed by atoms with E-state index in [-0.39, 0.29) is 11.7 Å². The summed E-state index contributed by atoms with van der Waals surface area (Å²) >= 11 is 5.11. The number of thiocarbonyl (C=S) groups is 1. The highest BCUT2D eigenvalue weighted by Crippen LogP contribution is 2.25. The largest absolute Gasteiger partial charge is 0.392 e. The van der Waals surface area contributed by atoms with Crippen LogP contribution < -0.4 is 5.73 Å². The van der Waals surface area contributed by atoms with E-state index in [1.165, 1.54) is 12.1 Å². The van der Waals surface area contributed by atoms with E-state index in [0.717, 1.165) is 5.56 Å². The van der Waals surface area contributed by atoms with Gasteiger partial charge in [0.15, 0.2) is 0 Å². The summed E-state index contributed by atoms with van der Waals surface area (Å²) in [5.74, 6) is 0. The zero-order valence-electron chi connectivity index (χ0n) is 10.3. The Labute approximate surface area is 116 Å². The average Bonchev–Trinajstić information content (AvgIpc) is 2.40. The average molecular weight is 281 g/mol. The van der Waals surface area contributed by atoms with E-state index in [9.17, 15) is 10.1 Å². The summed E-state index contributed by atoms with van der Waals surface area (Å²) in [6.45, 7) is 2.66. The predicted molar refractivity (Wildman–Crippen MR) is 75.0 cm³/mol. The Morgan fingerprint density at radius 2 is 2.16 bits per heavy atom. The summed E-state index contributed by atoms with van der Waals surface area (Å²) in [6.07, 6.45) is 0. The van der Waals surface area contributed by atoms with Crippen molar-refractivity contribution in [2.24, 2.45) is 5.73 Å². The van der Waals surface area contributed by atoms with Crippen LogP contribution in [0.3, 0.4) is 0 Å². The summed E-state index contributed by atoms with van der Waals surface area (Å²) in [5, 5.41) is 10.8. The second-order valence-corrected chi connectivity index (χ2v) is 4.78. The van der Waals surface area contributed by atoms with Crippen LogP contribution in [0, 0.1) is 10.1 Å². The fourth-order valence-electron chi connectivity index (χ4n) is 2.20. The Morgan fingerprint density at radius 1 is 1.47 bits per heavy atom.